The van der Waals surface area contributed by atoms with Crippen LogP contribution in [0.4, 0.5) is 5.82 Å². The van der Waals surface area contributed by atoms with E-state index in [9.17, 15) is 9.59 Å². The highest BCUT2D eigenvalue weighted by Gasteiger charge is 2.37. The second kappa shape index (κ2) is 6.42. The van der Waals surface area contributed by atoms with Crippen molar-refractivity contribution in [2.24, 2.45) is 5.92 Å². The molecule has 0 bridgehead atoms. The Bertz CT molecular complexity index is 729. The smallest absolute Gasteiger partial charge is 0.238 e. The van der Waals surface area contributed by atoms with E-state index in [0.717, 1.165) is 5.56 Å². The molecular formula is C16H17ClN4O2. The minimum Gasteiger partial charge on any atom is -0.338 e. The summed E-state index contributed by atoms with van der Waals surface area (Å²) in [5.74, 6) is -0.941. The van der Waals surface area contributed by atoms with E-state index < -0.39 is 5.92 Å². The van der Waals surface area contributed by atoms with Gasteiger partial charge in [0.15, 0.2) is 5.82 Å². The number of hydrogen-bond acceptors (Lipinski definition) is 3. The van der Waals surface area contributed by atoms with E-state index in [-0.39, 0.29) is 17.6 Å². The fraction of sp³-hybridized carbons (Fsp3) is 0.312. The molecule has 1 saturated heterocycles. The number of benzene rings is 1. The highest BCUT2D eigenvalue weighted by molar-refractivity contribution is 6.34. The number of aromatic nitrogens is 2. The molecule has 1 aromatic carbocycles. The van der Waals surface area contributed by atoms with Crippen LogP contribution in [0.5, 0.6) is 0 Å². The van der Waals surface area contributed by atoms with Crippen molar-refractivity contribution in [1.82, 2.24) is 15.1 Å². The number of H-pyrrole nitrogens is 1. The summed E-state index contributed by atoms with van der Waals surface area (Å²) in [5.41, 5.74) is 1.72. The lowest BCUT2D eigenvalue weighted by molar-refractivity contribution is -0.136. The van der Waals surface area contributed by atoms with Crippen molar-refractivity contribution in [3.8, 4) is 0 Å². The molecule has 3 rings (SSSR count). The Hall–Kier alpha value is -2.34. The molecule has 1 aromatic heterocycles. The molecule has 1 fully saturated rings. The first-order chi connectivity index (χ1) is 11.1. The first-order valence-corrected chi connectivity index (χ1v) is 7.78. The number of carbonyl (C=O) groups is 2. The Balaban J connectivity index is 1.64. The molecule has 0 aliphatic carbocycles. The van der Waals surface area contributed by atoms with Gasteiger partial charge < -0.3 is 10.2 Å². The van der Waals surface area contributed by atoms with Crippen LogP contribution in [0.25, 0.3) is 0 Å². The third-order valence-corrected chi connectivity index (χ3v) is 4.41. The number of halogens is 1. The average molecular weight is 333 g/mol. The second-order valence-corrected chi connectivity index (χ2v) is 5.97. The molecule has 120 valence electrons. The molecule has 2 amide bonds. The summed E-state index contributed by atoms with van der Waals surface area (Å²) in [4.78, 5) is 26.5. The van der Waals surface area contributed by atoms with Gasteiger partial charge in [0.05, 0.1) is 5.69 Å². The highest BCUT2D eigenvalue weighted by atomic mass is 35.5. The molecule has 6 nitrogen and oxygen atoms in total. The number of carbonyl (C=O) groups excluding carboxylic acids is 2. The minimum atomic E-state index is -0.688. The van der Waals surface area contributed by atoms with Crippen LogP contribution in [0.2, 0.25) is 5.02 Å². The van der Waals surface area contributed by atoms with Gasteiger partial charge in [-0.3, -0.25) is 14.7 Å². The van der Waals surface area contributed by atoms with Crippen LogP contribution in [0.15, 0.2) is 30.3 Å². The van der Waals surface area contributed by atoms with Gasteiger partial charge in [-0.25, -0.2) is 0 Å². The zero-order valence-electron chi connectivity index (χ0n) is 12.7. The Kier molecular flexibility index (Phi) is 4.34. The van der Waals surface area contributed by atoms with Gasteiger partial charge >= 0.3 is 0 Å². The number of likely N-dealkylation sites (tertiary alicyclic amines) is 1. The number of aromatic amines is 1. The van der Waals surface area contributed by atoms with Crippen molar-refractivity contribution in [3.05, 3.63) is 46.6 Å². The van der Waals surface area contributed by atoms with Crippen molar-refractivity contribution in [2.45, 2.75) is 19.9 Å². The normalized spacial score (nSPS) is 17.6. The van der Waals surface area contributed by atoms with Crippen molar-refractivity contribution in [2.75, 3.05) is 11.9 Å². The maximum atomic E-state index is 12.4. The first-order valence-electron chi connectivity index (χ1n) is 7.40. The van der Waals surface area contributed by atoms with Crippen molar-refractivity contribution < 1.29 is 9.59 Å². The van der Waals surface area contributed by atoms with Crippen LogP contribution in [0.3, 0.4) is 0 Å². The highest BCUT2D eigenvalue weighted by Crippen LogP contribution is 2.25. The van der Waals surface area contributed by atoms with E-state index in [2.05, 4.69) is 15.5 Å². The SMILES string of the molecule is Cc1[nH]nc(NC(=O)C2CCN(Cc3ccccc3)C2=O)c1Cl. The third kappa shape index (κ3) is 3.22. The summed E-state index contributed by atoms with van der Waals surface area (Å²) in [6, 6.07) is 9.73. The fourth-order valence-corrected chi connectivity index (χ4v) is 2.78. The van der Waals surface area contributed by atoms with Crippen molar-refractivity contribution in [3.63, 3.8) is 0 Å². The van der Waals surface area contributed by atoms with Crippen molar-refractivity contribution in [1.29, 1.82) is 0 Å². The standard InChI is InChI=1S/C16H17ClN4O2/c1-10-13(17)14(20-19-10)18-15(22)12-7-8-21(16(12)23)9-11-5-3-2-4-6-11/h2-6,12H,7-9H2,1H3,(H2,18,19,20,22). The van der Waals surface area contributed by atoms with E-state index >= 15 is 0 Å². The molecule has 2 N–H and O–H groups in total. The summed E-state index contributed by atoms with van der Waals surface area (Å²) in [6.07, 6.45) is 0.499. The van der Waals surface area contributed by atoms with Crippen molar-refractivity contribution >= 4 is 29.2 Å². The number of nitrogens with zero attached hydrogens (tertiary/aromatic N) is 2. The monoisotopic (exact) mass is 332 g/mol. The van der Waals surface area contributed by atoms with E-state index in [1.165, 1.54) is 0 Å². The zero-order chi connectivity index (χ0) is 16.4. The number of hydrogen-bond donors (Lipinski definition) is 2. The molecule has 7 heteroatoms. The van der Waals surface area contributed by atoms with Crippen LogP contribution in [-0.4, -0.2) is 33.5 Å². The van der Waals surface area contributed by atoms with Gasteiger partial charge in [0, 0.05) is 13.1 Å². The average Bonchev–Trinajstić information content (AvgIpc) is 3.06. The maximum Gasteiger partial charge on any atom is 0.238 e. The predicted octanol–water partition coefficient (Wildman–Crippen LogP) is 2.36. The van der Waals surface area contributed by atoms with E-state index in [4.69, 9.17) is 11.6 Å². The van der Waals surface area contributed by atoms with Crippen LogP contribution < -0.4 is 5.32 Å². The van der Waals surface area contributed by atoms with E-state index in [0.29, 0.717) is 30.2 Å². The molecule has 23 heavy (non-hydrogen) atoms. The minimum absolute atomic E-state index is 0.158. The molecule has 1 atom stereocenters. The van der Waals surface area contributed by atoms with Gasteiger partial charge in [0.2, 0.25) is 11.8 Å². The van der Waals surface area contributed by atoms with E-state index in [1.54, 1.807) is 11.8 Å². The molecule has 1 unspecified atom stereocenters. The molecule has 2 aromatic rings. The Labute approximate surface area is 138 Å². The van der Waals surface area contributed by atoms with Gasteiger partial charge in [0.25, 0.3) is 0 Å². The van der Waals surface area contributed by atoms with Crippen LogP contribution in [-0.2, 0) is 16.1 Å². The Morgan fingerprint density at radius 1 is 1.43 bits per heavy atom. The lowest BCUT2D eigenvalue weighted by Gasteiger charge is -2.16. The zero-order valence-corrected chi connectivity index (χ0v) is 13.4. The Morgan fingerprint density at radius 2 is 2.17 bits per heavy atom. The Morgan fingerprint density at radius 3 is 2.83 bits per heavy atom. The van der Waals surface area contributed by atoms with Gasteiger partial charge in [-0.05, 0) is 18.9 Å². The first kappa shape index (κ1) is 15.6. The number of aryl methyl sites for hydroxylation is 1. The topological polar surface area (TPSA) is 78.1 Å². The molecule has 1 aliphatic heterocycles. The van der Waals surface area contributed by atoms with Crippen LogP contribution in [0.1, 0.15) is 17.7 Å². The molecule has 0 saturated carbocycles. The van der Waals surface area contributed by atoms with Gasteiger partial charge in [0.1, 0.15) is 10.9 Å². The summed E-state index contributed by atoms with van der Waals surface area (Å²) >= 11 is 6.03. The number of amides is 2. The summed E-state index contributed by atoms with van der Waals surface area (Å²) in [5, 5.41) is 9.61. The summed E-state index contributed by atoms with van der Waals surface area (Å²) in [7, 11) is 0. The number of rotatable bonds is 4. The molecule has 0 spiro atoms. The van der Waals surface area contributed by atoms with Gasteiger partial charge in [-0.15, -0.1) is 0 Å². The lowest BCUT2D eigenvalue weighted by atomic mass is 10.1. The third-order valence-electron chi connectivity index (χ3n) is 3.94. The fourth-order valence-electron chi connectivity index (χ4n) is 2.65. The van der Waals surface area contributed by atoms with Crippen LogP contribution >= 0.6 is 11.6 Å². The number of nitrogens with one attached hydrogen (secondary N) is 2. The lowest BCUT2D eigenvalue weighted by Crippen LogP contribution is -2.32. The molecule has 1 aliphatic rings. The molecule has 2 heterocycles. The van der Waals surface area contributed by atoms with E-state index in [1.807, 2.05) is 30.3 Å². The van der Waals surface area contributed by atoms with Gasteiger partial charge in [-0.1, -0.05) is 41.9 Å². The summed E-state index contributed by atoms with van der Waals surface area (Å²) in [6.45, 7) is 2.85. The molecular weight excluding hydrogens is 316 g/mol. The largest absolute Gasteiger partial charge is 0.338 e. The van der Waals surface area contributed by atoms with Gasteiger partial charge in [-0.2, -0.15) is 5.10 Å². The maximum absolute atomic E-state index is 12.4. The van der Waals surface area contributed by atoms with Crippen LogP contribution in [0, 0.1) is 12.8 Å². The predicted molar refractivity (Wildman–Crippen MR) is 86.9 cm³/mol. The quantitative estimate of drug-likeness (QED) is 0.844. The second-order valence-electron chi connectivity index (χ2n) is 5.59. The summed E-state index contributed by atoms with van der Waals surface area (Å²) < 4.78 is 0. The molecule has 0 radical (unpaired) electrons. The number of anilines is 1.